The van der Waals surface area contributed by atoms with Crippen molar-refractivity contribution < 1.29 is 27.1 Å². The van der Waals surface area contributed by atoms with E-state index in [0.717, 1.165) is 17.5 Å². The molecule has 1 aromatic heterocycles. The molecular formula is C19H16F3NO3. The Hall–Kier alpha value is -2.80. The third kappa shape index (κ3) is 3.72. The van der Waals surface area contributed by atoms with Gasteiger partial charge in [-0.25, -0.2) is 0 Å². The van der Waals surface area contributed by atoms with Crippen LogP contribution in [0.5, 0.6) is 0 Å². The zero-order valence-corrected chi connectivity index (χ0v) is 13.8. The Balaban J connectivity index is 1.76. The highest BCUT2D eigenvalue weighted by molar-refractivity contribution is 5.95. The molecule has 4 nitrogen and oxygen atoms in total. The Morgan fingerprint density at radius 2 is 1.85 bits per heavy atom. The first kappa shape index (κ1) is 18.0. The maximum absolute atomic E-state index is 13.0. The minimum Gasteiger partial charge on any atom is -0.458 e. The van der Waals surface area contributed by atoms with Crippen LogP contribution in [0.2, 0.25) is 0 Å². The van der Waals surface area contributed by atoms with Gasteiger partial charge in [-0.05, 0) is 24.3 Å². The molecule has 1 heterocycles. The topological polar surface area (TPSA) is 51.5 Å². The van der Waals surface area contributed by atoms with Crippen molar-refractivity contribution >= 4 is 16.9 Å². The van der Waals surface area contributed by atoms with Crippen molar-refractivity contribution in [2.45, 2.75) is 12.3 Å². The van der Waals surface area contributed by atoms with E-state index in [1.165, 1.54) is 19.2 Å². The number of benzene rings is 2. The Morgan fingerprint density at radius 3 is 2.54 bits per heavy atom. The number of fused-ring (bicyclic) bond motifs is 1. The molecule has 0 saturated heterocycles. The third-order valence-electron chi connectivity index (χ3n) is 3.97. The number of para-hydroxylation sites is 1. The number of carbonyl (C=O) groups excluding carboxylic acids is 1. The summed E-state index contributed by atoms with van der Waals surface area (Å²) in [5, 5.41) is 3.35. The second-order valence-corrected chi connectivity index (χ2v) is 5.66. The van der Waals surface area contributed by atoms with Crippen molar-refractivity contribution in [3.8, 4) is 0 Å². The molecule has 2 aromatic carbocycles. The summed E-state index contributed by atoms with van der Waals surface area (Å²) < 4.78 is 50.1. The summed E-state index contributed by atoms with van der Waals surface area (Å²) in [4.78, 5) is 12.2. The first-order chi connectivity index (χ1) is 12.4. The normalized spacial score (nSPS) is 12.9. The lowest BCUT2D eigenvalue weighted by molar-refractivity contribution is -0.137. The van der Waals surface area contributed by atoms with Crippen LogP contribution in [-0.2, 0) is 10.9 Å². The highest BCUT2D eigenvalue weighted by atomic mass is 19.4. The largest absolute Gasteiger partial charge is 0.458 e. The van der Waals surface area contributed by atoms with Crippen LogP contribution in [0.25, 0.3) is 11.0 Å². The molecule has 0 aliphatic carbocycles. The van der Waals surface area contributed by atoms with Crippen LogP contribution in [0.1, 0.15) is 27.8 Å². The van der Waals surface area contributed by atoms with Gasteiger partial charge in [0.05, 0.1) is 17.7 Å². The van der Waals surface area contributed by atoms with E-state index in [-0.39, 0.29) is 6.54 Å². The van der Waals surface area contributed by atoms with Gasteiger partial charge in [0.15, 0.2) is 0 Å². The van der Waals surface area contributed by atoms with Crippen LogP contribution in [0.3, 0.4) is 0 Å². The molecule has 0 bridgehead atoms. The first-order valence-corrected chi connectivity index (χ1v) is 7.86. The number of methoxy groups -OCH3 is 1. The van der Waals surface area contributed by atoms with Gasteiger partial charge >= 0.3 is 6.18 Å². The predicted molar refractivity (Wildman–Crippen MR) is 89.7 cm³/mol. The molecule has 0 fully saturated rings. The van der Waals surface area contributed by atoms with Crippen molar-refractivity contribution in [3.05, 3.63) is 71.5 Å². The second kappa shape index (κ2) is 7.21. The highest BCUT2D eigenvalue weighted by Gasteiger charge is 2.34. The Kier molecular flexibility index (Phi) is 4.99. The molecule has 1 atom stereocenters. The number of furan rings is 1. The summed E-state index contributed by atoms with van der Waals surface area (Å²) in [5.74, 6) is -0.339. The van der Waals surface area contributed by atoms with Crippen LogP contribution < -0.4 is 5.32 Å². The van der Waals surface area contributed by atoms with Gasteiger partial charge in [0.1, 0.15) is 17.4 Å². The Bertz CT molecular complexity index is 885. The van der Waals surface area contributed by atoms with Gasteiger partial charge < -0.3 is 14.5 Å². The maximum Gasteiger partial charge on any atom is 0.417 e. The number of nitrogens with one attached hydrogen (secondary N) is 1. The Labute approximate surface area is 147 Å². The molecule has 7 heteroatoms. The number of amides is 1. The zero-order chi connectivity index (χ0) is 18.7. The number of rotatable bonds is 5. The number of alkyl halides is 3. The van der Waals surface area contributed by atoms with E-state index in [4.69, 9.17) is 9.15 Å². The van der Waals surface area contributed by atoms with Crippen molar-refractivity contribution in [1.82, 2.24) is 5.32 Å². The van der Waals surface area contributed by atoms with E-state index >= 15 is 0 Å². The Morgan fingerprint density at radius 1 is 1.15 bits per heavy atom. The number of ether oxygens (including phenoxy) is 1. The summed E-state index contributed by atoms with van der Waals surface area (Å²) in [6.45, 7) is -0.0264. The first-order valence-electron chi connectivity index (χ1n) is 7.86. The summed E-state index contributed by atoms with van der Waals surface area (Å²) >= 11 is 0. The second-order valence-electron chi connectivity index (χ2n) is 5.66. The van der Waals surface area contributed by atoms with E-state index in [0.29, 0.717) is 11.3 Å². The van der Waals surface area contributed by atoms with Crippen molar-refractivity contribution in [3.63, 3.8) is 0 Å². The van der Waals surface area contributed by atoms with E-state index in [1.54, 1.807) is 12.1 Å². The molecule has 1 N–H and O–H groups in total. The van der Waals surface area contributed by atoms with Gasteiger partial charge in [0.2, 0.25) is 0 Å². The molecule has 3 aromatic rings. The molecule has 3 rings (SSSR count). The van der Waals surface area contributed by atoms with Gasteiger partial charge in [-0.15, -0.1) is 0 Å². The average Bonchev–Trinajstić information content (AvgIpc) is 3.05. The standard InChI is InChI=1S/C19H16F3NO3/c1-25-17(16-10-12-6-2-5-9-15(12)26-16)11-23-18(24)13-7-3-4-8-14(13)19(20,21)22/h2-10,17H,11H2,1H3,(H,23,24)/t17-/m1/s1. The molecular weight excluding hydrogens is 347 g/mol. The van der Waals surface area contributed by atoms with Gasteiger partial charge in [-0.3, -0.25) is 4.79 Å². The summed E-state index contributed by atoms with van der Waals surface area (Å²) in [7, 11) is 1.44. The molecule has 0 aliphatic heterocycles. The number of hydrogen-bond donors (Lipinski definition) is 1. The molecule has 0 radical (unpaired) electrons. The monoisotopic (exact) mass is 363 g/mol. The number of hydrogen-bond acceptors (Lipinski definition) is 3. The van der Waals surface area contributed by atoms with E-state index in [1.807, 2.05) is 18.2 Å². The third-order valence-corrected chi connectivity index (χ3v) is 3.97. The van der Waals surface area contributed by atoms with Crippen LogP contribution in [-0.4, -0.2) is 19.6 Å². The molecule has 26 heavy (non-hydrogen) atoms. The minimum atomic E-state index is -4.60. The van der Waals surface area contributed by atoms with Crippen LogP contribution in [0.15, 0.2) is 59.0 Å². The quantitative estimate of drug-likeness (QED) is 0.722. The lowest BCUT2D eigenvalue weighted by Crippen LogP contribution is -2.30. The van der Waals surface area contributed by atoms with Crippen LogP contribution in [0, 0.1) is 0 Å². The van der Waals surface area contributed by atoms with Crippen LogP contribution >= 0.6 is 0 Å². The zero-order valence-electron chi connectivity index (χ0n) is 13.8. The van der Waals surface area contributed by atoms with E-state index < -0.39 is 29.3 Å². The summed E-state index contributed by atoms with van der Waals surface area (Å²) in [6, 6.07) is 13.8. The number of halogens is 3. The number of carbonyl (C=O) groups is 1. The maximum atomic E-state index is 13.0. The minimum absolute atomic E-state index is 0.0264. The van der Waals surface area contributed by atoms with Gasteiger partial charge in [0, 0.05) is 12.5 Å². The summed E-state index contributed by atoms with van der Waals surface area (Å²) in [6.07, 6.45) is -5.22. The van der Waals surface area contributed by atoms with E-state index in [2.05, 4.69) is 5.32 Å². The lowest BCUT2D eigenvalue weighted by Gasteiger charge is -2.16. The van der Waals surface area contributed by atoms with Crippen molar-refractivity contribution in [1.29, 1.82) is 0 Å². The molecule has 1 amide bonds. The molecule has 0 aliphatic rings. The SMILES string of the molecule is CO[C@H](CNC(=O)c1ccccc1C(F)(F)F)c1cc2ccccc2o1. The van der Waals surface area contributed by atoms with Gasteiger partial charge in [0.25, 0.3) is 5.91 Å². The smallest absolute Gasteiger partial charge is 0.417 e. The average molecular weight is 363 g/mol. The fraction of sp³-hybridized carbons (Fsp3) is 0.211. The highest BCUT2D eigenvalue weighted by Crippen LogP contribution is 2.32. The predicted octanol–water partition coefficient (Wildman–Crippen LogP) is 4.57. The lowest BCUT2D eigenvalue weighted by atomic mass is 10.1. The van der Waals surface area contributed by atoms with Crippen molar-refractivity contribution in [2.75, 3.05) is 13.7 Å². The van der Waals surface area contributed by atoms with Gasteiger partial charge in [-0.1, -0.05) is 30.3 Å². The fourth-order valence-electron chi connectivity index (χ4n) is 2.67. The van der Waals surface area contributed by atoms with Gasteiger partial charge in [-0.2, -0.15) is 13.2 Å². The molecule has 0 unspecified atom stereocenters. The molecule has 136 valence electrons. The molecule has 0 spiro atoms. The fourth-order valence-corrected chi connectivity index (χ4v) is 2.67. The van der Waals surface area contributed by atoms with E-state index in [9.17, 15) is 18.0 Å². The van der Waals surface area contributed by atoms with Crippen LogP contribution in [0.4, 0.5) is 13.2 Å². The summed E-state index contributed by atoms with van der Waals surface area (Å²) in [5.41, 5.74) is -0.743. The van der Waals surface area contributed by atoms with Crippen molar-refractivity contribution in [2.24, 2.45) is 0 Å². The molecule has 0 saturated carbocycles.